The van der Waals surface area contributed by atoms with E-state index < -0.39 is 0 Å². The fraction of sp³-hybridized carbons (Fsp3) is 0.125. The van der Waals surface area contributed by atoms with Gasteiger partial charge in [-0.1, -0.05) is 23.1 Å². The van der Waals surface area contributed by atoms with Crippen LogP contribution in [0.25, 0.3) is 10.1 Å². The zero-order valence-electron chi connectivity index (χ0n) is 6.50. The van der Waals surface area contributed by atoms with Gasteiger partial charge in [0.1, 0.15) is 0 Å². The smallest absolute Gasteiger partial charge is 0.266 e. The molecule has 1 aromatic heterocycles. The second-order valence-corrected chi connectivity index (χ2v) is 3.91. The van der Waals surface area contributed by atoms with Gasteiger partial charge in [-0.25, -0.2) is 0 Å². The lowest BCUT2D eigenvalue weighted by molar-refractivity contribution is 0.283. The topological polar surface area (TPSA) is 53.1 Å². The van der Waals surface area contributed by atoms with E-state index in [1.165, 1.54) is 11.5 Å². The molecule has 2 aromatic rings. The Morgan fingerprint density at radius 1 is 1.54 bits per heavy atom. The number of fused-ring (bicyclic) bond motifs is 1. The van der Waals surface area contributed by atoms with E-state index in [1.54, 1.807) is 12.1 Å². The molecule has 68 valence electrons. The van der Waals surface area contributed by atoms with Gasteiger partial charge in [0.2, 0.25) is 0 Å². The molecule has 0 saturated carbocycles. The van der Waals surface area contributed by atoms with E-state index in [2.05, 4.69) is 4.37 Å². The Labute approximate surface area is 82.7 Å². The lowest BCUT2D eigenvalue weighted by Crippen LogP contribution is -2.00. The maximum atomic E-state index is 11.3. The second-order valence-electron chi connectivity index (χ2n) is 2.63. The van der Waals surface area contributed by atoms with E-state index in [0.717, 1.165) is 4.70 Å². The van der Waals surface area contributed by atoms with Crippen LogP contribution in [0.4, 0.5) is 0 Å². The van der Waals surface area contributed by atoms with Gasteiger partial charge in [-0.15, -0.1) is 0 Å². The van der Waals surface area contributed by atoms with Gasteiger partial charge >= 0.3 is 0 Å². The van der Waals surface area contributed by atoms with Crippen LogP contribution in [0.5, 0.6) is 0 Å². The van der Waals surface area contributed by atoms with Crippen LogP contribution in [0, 0.1) is 0 Å². The number of aromatic amines is 1. The normalized spacial score (nSPS) is 10.9. The second kappa shape index (κ2) is 3.14. The van der Waals surface area contributed by atoms with Crippen molar-refractivity contribution in [2.45, 2.75) is 6.61 Å². The van der Waals surface area contributed by atoms with Gasteiger partial charge in [0, 0.05) is 5.02 Å². The van der Waals surface area contributed by atoms with Crippen molar-refractivity contribution < 1.29 is 5.11 Å². The highest BCUT2D eigenvalue weighted by atomic mass is 35.5. The number of H-pyrrole nitrogens is 1. The molecular formula is C8H6ClNO2S. The van der Waals surface area contributed by atoms with Crippen molar-refractivity contribution in [3.05, 3.63) is 33.1 Å². The zero-order valence-corrected chi connectivity index (χ0v) is 8.08. The molecule has 0 aliphatic heterocycles. The van der Waals surface area contributed by atoms with Crippen LogP contribution in [0.1, 0.15) is 5.56 Å². The van der Waals surface area contributed by atoms with Crippen molar-refractivity contribution in [2.24, 2.45) is 0 Å². The Morgan fingerprint density at radius 3 is 3.00 bits per heavy atom. The highest BCUT2D eigenvalue weighted by Gasteiger charge is 2.07. The summed E-state index contributed by atoms with van der Waals surface area (Å²) in [5.74, 6) is 0. The third kappa shape index (κ3) is 1.37. The van der Waals surface area contributed by atoms with Crippen molar-refractivity contribution in [2.75, 3.05) is 0 Å². The number of nitrogens with one attached hydrogen (secondary N) is 1. The summed E-state index contributed by atoms with van der Waals surface area (Å²) in [7, 11) is 0. The van der Waals surface area contributed by atoms with Gasteiger partial charge in [0.15, 0.2) is 0 Å². The predicted octanol–water partition coefficient (Wildman–Crippen LogP) is 1.74. The fourth-order valence-electron chi connectivity index (χ4n) is 1.25. The molecule has 13 heavy (non-hydrogen) atoms. The summed E-state index contributed by atoms with van der Waals surface area (Å²) >= 11 is 7.02. The number of rotatable bonds is 1. The molecule has 2 N–H and O–H groups in total. The van der Waals surface area contributed by atoms with Gasteiger partial charge in [0.05, 0.1) is 16.7 Å². The number of aliphatic hydroxyl groups is 1. The van der Waals surface area contributed by atoms with E-state index in [-0.39, 0.29) is 12.2 Å². The molecular weight excluding hydrogens is 210 g/mol. The highest BCUT2D eigenvalue weighted by Crippen LogP contribution is 2.23. The van der Waals surface area contributed by atoms with Crippen molar-refractivity contribution in [1.29, 1.82) is 0 Å². The van der Waals surface area contributed by atoms with Crippen molar-refractivity contribution in [3.63, 3.8) is 0 Å². The van der Waals surface area contributed by atoms with Gasteiger partial charge in [-0.3, -0.25) is 9.17 Å². The first kappa shape index (κ1) is 8.74. The number of halogens is 1. The molecule has 1 aromatic carbocycles. The fourth-order valence-corrected chi connectivity index (χ4v) is 2.37. The Bertz CT molecular complexity index is 502. The molecule has 5 heteroatoms. The highest BCUT2D eigenvalue weighted by molar-refractivity contribution is 7.13. The van der Waals surface area contributed by atoms with Crippen molar-refractivity contribution in [3.8, 4) is 0 Å². The largest absolute Gasteiger partial charge is 0.392 e. The molecule has 0 unspecified atom stereocenters. The third-order valence-corrected chi connectivity index (χ3v) is 2.85. The molecule has 0 radical (unpaired) electrons. The lowest BCUT2D eigenvalue weighted by atomic mass is 10.1. The van der Waals surface area contributed by atoms with Gasteiger partial charge in [-0.05, 0) is 17.7 Å². The van der Waals surface area contributed by atoms with Crippen LogP contribution in [-0.2, 0) is 6.61 Å². The molecule has 0 amide bonds. The molecule has 0 aliphatic rings. The Kier molecular flexibility index (Phi) is 2.11. The number of benzene rings is 1. The first-order valence-electron chi connectivity index (χ1n) is 3.63. The molecule has 0 fully saturated rings. The number of aliphatic hydroxyl groups excluding tert-OH is 1. The van der Waals surface area contributed by atoms with Crippen LogP contribution in [0.3, 0.4) is 0 Å². The third-order valence-electron chi connectivity index (χ3n) is 1.80. The maximum Gasteiger partial charge on any atom is 0.266 e. The summed E-state index contributed by atoms with van der Waals surface area (Å²) in [6.07, 6.45) is 0. The van der Waals surface area contributed by atoms with Gasteiger partial charge < -0.3 is 5.11 Å². The summed E-state index contributed by atoms with van der Waals surface area (Å²) in [5, 5.41) is 10.1. The van der Waals surface area contributed by atoms with Gasteiger partial charge in [-0.2, -0.15) is 0 Å². The molecule has 0 spiro atoms. The van der Waals surface area contributed by atoms with E-state index in [9.17, 15) is 4.79 Å². The summed E-state index contributed by atoms with van der Waals surface area (Å²) < 4.78 is 3.37. The average molecular weight is 216 g/mol. The van der Waals surface area contributed by atoms with E-state index >= 15 is 0 Å². The molecule has 2 rings (SSSR count). The predicted molar refractivity (Wildman–Crippen MR) is 53.4 cm³/mol. The number of hydrogen-bond donors (Lipinski definition) is 2. The average Bonchev–Trinajstić information content (AvgIpc) is 2.46. The minimum absolute atomic E-state index is 0.166. The summed E-state index contributed by atoms with van der Waals surface area (Å²) in [6, 6.07) is 3.31. The van der Waals surface area contributed by atoms with E-state index in [0.29, 0.717) is 16.0 Å². The monoisotopic (exact) mass is 215 g/mol. The summed E-state index contributed by atoms with van der Waals surface area (Å²) in [4.78, 5) is 11.3. The lowest BCUT2D eigenvalue weighted by Gasteiger charge is -1.97. The van der Waals surface area contributed by atoms with Crippen molar-refractivity contribution in [1.82, 2.24) is 4.37 Å². The maximum absolute atomic E-state index is 11.3. The molecule has 0 saturated heterocycles. The van der Waals surface area contributed by atoms with Crippen LogP contribution in [-0.4, -0.2) is 9.48 Å². The minimum atomic E-state index is -0.170. The Balaban J connectivity index is 2.93. The molecule has 1 heterocycles. The first-order chi connectivity index (χ1) is 6.22. The van der Waals surface area contributed by atoms with Gasteiger partial charge in [0.25, 0.3) is 5.56 Å². The van der Waals surface area contributed by atoms with Crippen LogP contribution in [0.15, 0.2) is 16.9 Å². The van der Waals surface area contributed by atoms with Crippen LogP contribution < -0.4 is 5.56 Å². The molecule has 0 bridgehead atoms. The SMILES string of the molecule is O=c1[nH]sc2cc(Cl)cc(CO)c12. The minimum Gasteiger partial charge on any atom is -0.392 e. The molecule has 0 atom stereocenters. The van der Waals surface area contributed by atoms with E-state index in [4.69, 9.17) is 16.7 Å². The standard InChI is InChI=1S/C8H6ClNO2S/c9-5-1-4(3-11)7-6(2-5)13-10-8(7)12/h1-2,11H,3H2,(H,10,12). The quantitative estimate of drug-likeness (QED) is 0.761. The van der Waals surface area contributed by atoms with Crippen LogP contribution >= 0.6 is 23.1 Å². The summed E-state index contributed by atoms with van der Waals surface area (Å²) in [6.45, 7) is -0.170. The molecule has 3 nitrogen and oxygen atoms in total. The van der Waals surface area contributed by atoms with E-state index in [1.807, 2.05) is 0 Å². The first-order valence-corrected chi connectivity index (χ1v) is 4.82. The van der Waals surface area contributed by atoms with Crippen LogP contribution in [0.2, 0.25) is 5.02 Å². The number of hydrogen-bond acceptors (Lipinski definition) is 3. The Morgan fingerprint density at radius 2 is 2.31 bits per heavy atom. The van der Waals surface area contributed by atoms with Crippen molar-refractivity contribution >= 4 is 33.2 Å². The summed E-state index contributed by atoms with van der Waals surface area (Å²) in [5.41, 5.74) is 0.408. The molecule has 0 aliphatic carbocycles. The number of aromatic nitrogens is 1. The Hall–Kier alpha value is -0.840. The zero-order chi connectivity index (χ0) is 9.42.